The quantitative estimate of drug-likeness (QED) is 0.529. The fourth-order valence-electron chi connectivity index (χ4n) is 3.59. The molecule has 1 aliphatic rings. The van der Waals surface area contributed by atoms with Gasteiger partial charge in [-0.05, 0) is 72.7 Å². The van der Waals surface area contributed by atoms with E-state index in [1.54, 1.807) is 0 Å². The maximum Gasteiger partial charge on any atom is 0.433 e. The molecule has 0 radical (unpaired) electrons. The van der Waals surface area contributed by atoms with E-state index >= 15 is 0 Å². The fourth-order valence-corrected chi connectivity index (χ4v) is 3.59. The van der Waals surface area contributed by atoms with E-state index in [2.05, 4.69) is 52.5 Å². The summed E-state index contributed by atoms with van der Waals surface area (Å²) in [6.45, 7) is 4.10. The second-order valence-corrected chi connectivity index (χ2v) is 7.59. The van der Waals surface area contributed by atoms with Crippen molar-refractivity contribution in [1.29, 1.82) is 0 Å². The number of aryl methyl sites for hydroxylation is 3. The molecule has 1 aliphatic heterocycles. The van der Waals surface area contributed by atoms with Gasteiger partial charge in [0.2, 0.25) is 0 Å². The number of hydrogen-bond acceptors (Lipinski definition) is 3. The van der Waals surface area contributed by atoms with Gasteiger partial charge in [0.15, 0.2) is 0 Å². The third kappa shape index (κ3) is 4.22. The Labute approximate surface area is 173 Å². The summed E-state index contributed by atoms with van der Waals surface area (Å²) in [6.07, 6.45) is 0.590. The fraction of sp³-hybridized carbons (Fsp3) is 0.250. The van der Waals surface area contributed by atoms with Gasteiger partial charge < -0.3 is 5.32 Å². The smallest absolute Gasteiger partial charge is 0.373 e. The first-order valence-electron chi connectivity index (χ1n) is 9.83. The molecule has 30 heavy (non-hydrogen) atoms. The van der Waals surface area contributed by atoms with Crippen LogP contribution in [0.15, 0.2) is 59.7 Å². The Balaban J connectivity index is 1.72. The average Bonchev–Trinajstić information content (AvgIpc) is 2.73. The van der Waals surface area contributed by atoms with Crippen molar-refractivity contribution in [3.63, 3.8) is 0 Å². The van der Waals surface area contributed by atoms with E-state index < -0.39 is 11.9 Å². The van der Waals surface area contributed by atoms with Gasteiger partial charge in [0.25, 0.3) is 0 Å². The summed E-state index contributed by atoms with van der Waals surface area (Å²) in [7, 11) is 0. The minimum atomic E-state index is -4.46. The Hall–Kier alpha value is -3.15. The van der Waals surface area contributed by atoms with Crippen molar-refractivity contribution in [3.8, 4) is 0 Å². The van der Waals surface area contributed by atoms with E-state index in [1.165, 1.54) is 23.4 Å². The number of nitrogens with one attached hydrogen (secondary N) is 1. The van der Waals surface area contributed by atoms with Crippen LogP contribution in [-0.4, -0.2) is 11.2 Å². The minimum Gasteiger partial charge on any atom is -0.373 e. The predicted molar refractivity (Wildman–Crippen MR) is 114 cm³/mol. The van der Waals surface area contributed by atoms with Crippen molar-refractivity contribution in [2.45, 2.75) is 38.9 Å². The predicted octanol–water partition coefficient (Wildman–Crippen LogP) is 6.57. The highest BCUT2D eigenvalue weighted by Gasteiger charge is 2.32. The van der Waals surface area contributed by atoms with Crippen LogP contribution >= 0.6 is 0 Å². The molecule has 0 bridgehead atoms. The standard InChI is InChI=1S/C24H22F3N3/c1-15-5-6-18(12-16(15)2)23(19-8-7-17-4-3-11-28-21(17)13-19)30-20-9-10-22(29-14-20)24(25,26)27/h5-14,23,30H,3-4H2,1-2H3. The third-order valence-electron chi connectivity index (χ3n) is 5.45. The number of halogens is 3. The zero-order valence-electron chi connectivity index (χ0n) is 16.8. The molecule has 1 N–H and O–H groups in total. The first-order valence-corrected chi connectivity index (χ1v) is 9.83. The number of rotatable bonds is 4. The second kappa shape index (κ2) is 7.94. The average molecular weight is 409 g/mol. The van der Waals surface area contributed by atoms with Crippen LogP contribution in [0.4, 0.5) is 24.5 Å². The maximum absolute atomic E-state index is 12.9. The largest absolute Gasteiger partial charge is 0.433 e. The molecule has 1 unspecified atom stereocenters. The molecule has 1 atom stereocenters. The van der Waals surface area contributed by atoms with E-state index in [9.17, 15) is 13.2 Å². The SMILES string of the molecule is Cc1ccc(C(Nc2ccc(C(F)(F)F)nc2)c2ccc3c(c2)N=CCC3)cc1C. The van der Waals surface area contributed by atoms with Gasteiger partial charge in [-0.25, -0.2) is 4.98 Å². The van der Waals surface area contributed by atoms with Gasteiger partial charge in [0.1, 0.15) is 5.69 Å². The summed E-state index contributed by atoms with van der Waals surface area (Å²) in [6, 6.07) is 14.6. The number of anilines is 1. The summed E-state index contributed by atoms with van der Waals surface area (Å²) in [5, 5.41) is 3.36. The summed E-state index contributed by atoms with van der Waals surface area (Å²) in [5.74, 6) is 0. The lowest BCUT2D eigenvalue weighted by atomic mass is 9.93. The van der Waals surface area contributed by atoms with Crippen LogP contribution in [-0.2, 0) is 12.6 Å². The Morgan fingerprint density at radius 3 is 2.40 bits per heavy atom. The highest BCUT2D eigenvalue weighted by Crippen LogP contribution is 2.34. The third-order valence-corrected chi connectivity index (χ3v) is 5.45. The number of pyridine rings is 1. The van der Waals surface area contributed by atoms with Crippen LogP contribution in [0.1, 0.15) is 46.0 Å². The molecule has 2 heterocycles. The lowest BCUT2D eigenvalue weighted by molar-refractivity contribution is -0.141. The van der Waals surface area contributed by atoms with E-state index in [0.29, 0.717) is 5.69 Å². The molecule has 4 rings (SSSR count). The number of aliphatic imine (C=N–C) groups is 1. The van der Waals surface area contributed by atoms with E-state index in [-0.39, 0.29) is 6.04 Å². The zero-order chi connectivity index (χ0) is 21.3. The van der Waals surface area contributed by atoms with Crippen LogP contribution in [0.2, 0.25) is 0 Å². The van der Waals surface area contributed by atoms with Crippen molar-refractivity contribution in [3.05, 3.63) is 88.2 Å². The van der Waals surface area contributed by atoms with Crippen LogP contribution in [0.5, 0.6) is 0 Å². The molecule has 0 spiro atoms. The number of alkyl halides is 3. The molecule has 154 valence electrons. The number of aromatic nitrogens is 1. The molecule has 2 aromatic carbocycles. The summed E-state index contributed by atoms with van der Waals surface area (Å²) in [4.78, 5) is 8.10. The molecule has 3 aromatic rings. The molecule has 0 saturated carbocycles. The zero-order valence-corrected chi connectivity index (χ0v) is 16.8. The maximum atomic E-state index is 12.9. The molecular formula is C24H22F3N3. The van der Waals surface area contributed by atoms with Crippen LogP contribution in [0.25, 0.3) is 0 Å². The van der Waals surface area contributed by atoms with Crippen molar-refractivity contribution < 1.29 is 13.2 Å². The molecule has 1 aromatic heterocycles. The van der Waals surface area contributed by atoms with Crippen molar-refractivity contribution >= 4 is 17.6 Å². The number of nitrogens with zero attached hydrogens (tertiary/aromatic N) is 2. The Kier molecular flexibility index (Phi) is 5.33. The molecule has 0 aliphatic carbocycles. The summed E-state index contributed by atoms with van der Waals surface area (Å²) in [5.41, 5.74) is 6.13. The van der Waals surface area contributed by atoms with Crippen molar-refractivity contribution in [2.75, 3.05) is 5.32 Å². The minimum absolute atomic E-state index is 0.245. The first-order chi connectivity index (χ1) is 14.3. The van der Waals surface area contributed by atoms with Crippen LogP contribution < -0.4 is 5.32 Å². The molecule has 6 heteroatoms. The Morgan fingerprint density at radius 1 is 0.933 bits per heavy atom. The van der Waals surface area contributed by atoms with Gasteiger partial charge in [-0.3, -0.25) is 4.99 Å². The van der Waals surface area contributed by atoms with Gasteiger partial charge >= 0.3 is 6.18 Å². The first kappa shape index (κ1) is 20.1. The van der Waals surface area contributed by atoms with Gasteiger partial charge in [0, 0.05) is 6.21 Å². The molecular weight excluding hydrogens is 387 g/mol. The number of fused-ring (bicyclic) bond motifs is 1. The van der Waals surface area contributed by atoms with E-state index in [1.807, 2.05) is 19.2 Å². The number of hydrogen-bond donors (Lipinski definition) is 1. The highest BCUT2D eigenvalue weighted by atomic mass is 19.4. The van der Waals surface area contributed by atoms with Gasteiger partial charge in [-0.2, -0.15) is 13.2 Å². The van der Waals surface area contributed by atoms with Gasteiger partial charge in [0.05, 0.1) is 23.6 Å². The molecule has 0 amide bonds. The Bertz CT molecular complexity index is 1090. The highest BCUT2D eigenvalue weighted by molar-refractivity contribution is 5.69. The second-order valence-electron chi connectivity index (χ2n) is 7.59. The summed E-state index contributed by atoms with van der Waals surface area (Å²) >= 11 is 0. The molecule has 3 nitrogen and oxygen atoms in total. The monoisotopic (exact) mass is 409 g/mol. The lowest BCUT2D eigenvalue weighted by Crippen LogP contribution is -2.14. The topological polar surface area (TPSA) is 37.3 Å². The van der Waals surface area contributed by atoms with Crippen molar-refractivity contribution in [1.82, 2.24) is 4.98 Å². The van der Waals surface area contributed by atoms with Gasteiger partial charge in [-0.15, -0.1) is 0 Å². The molecule has 0 fully saturated rings. The van der Waals surface area contributed by atoms with E-state index in [0.717, 1.165) is 41.3 Å². The Morgan fingerprint density at radius 2 is 1.70 bits per heavy atom. The lowest BCUT2D eigenvalue weighted by Gasteiger charge is -2.23. The molecule has 0 saturated heterocycles. The van der Waals surface area contributed by atoms with Crippen LogP contribution in [0, 0.1) is 13.8 Å². The summed E-state index contributed by atoms with van der Waals surface area (Å²) < 4.78 is 38.6. The van der Waals surface area contributed by atoms with E-state index in [4.69, 9.17) is 0 Å². The normalized spacial score (nSPS) is 14.3. The number of benzene rings is 2. The van der Waals surface area contributed by atoms with Gasteiger partial charge in [-0.1, -0.05) is 30.3 Å². The van der Waals surface area contributed by atoms with Crippen LogP contribution in [0.3, 0.4) is 0 Å². The van der Waals surface area contributed by atoms with Crippen molar-refractivity contribution in [2.24, 2.45) is 4.99 Å².